The van der Waals surface area contributed by atoms with Gasteiger partial charge in [-0.05, 0) is 31.9 Å². The number of carbonyl (C=O) groups excluding carboxylic acids is 1. The number of para-hydroxylation sites is 1. The number of hydrogen-bond acceptors (Lipinski definition) is 6. The first-order valence-electron chi connectivity index (χ1n) is 9.92. The minimum atomic E-state index is -0.660. The van der Waals surface area contributed by atoms with Crippen LogP contribution in [0.15, 0.2) is 35.4 Å². The highest BCUT2D eigenvalue weighted by atomic mass is 35.5. The number of nitrogens with two attached hydrogens (primary N) is 1. The fraction of sp³-hybridized carbons (Fsp3) is 0.238. The molecule has 3 heterocycles. The molecule has 0 atom stereocenters. The molecule has 1 fully saturated rings. The van der Waals surface area contributed by atoms with Gasteiger partial charge >= 0.3 is 0 Å². The van der Waals surface area contributed by atoms with Crippen molar-refractivity contribution in [3.8, 4) is 5.69 Å². The molecule has 32 heavy (non-hydrogen) atoms. The zero-order chi connectivity index (χ0) is 22.8. The van der Waals surface area contributed by atoms with Gasteiger partial charge in [-0.1, -0.05) is 53.0 Å². The van der Waals surface area contributed by atoms with Crippen LogP contribution in [-0.4, -0.2) is 40.0 Å². The monoisotopic (exact) mass is 491 g/mol. The highest BCUT2D eigenvalue weighted by Crippen LogP contribution is 2.34. The van der Waals surface area contributed by atoms with E-state index in [1.165, 1.54) is 0 Å². The van der Waals surface area contributed by atoms with Gasteiger partial charge < -0.3 is 10.6 Å². The van der Waals surface area contributed by atoms with E-state index >= 15 is 0 Å². The Morgan fingerprint density at radius 3 is 2.53 bits per heavy atom. The minimum absolute atomic E-state index is 0.00377. The summed E-state index contributed by atoms with van der Waals surface area (Å²) < 4.78 is 1.90. The number of amides is 1. The molecule has 4 rings (SSSR count). The van der Waals surface area contributed by atoms with E-state index in [4.69, 9.17) is 45.6 Å². The van der Waals surface area contributed by atoms with E-state index in [1.807, 2.05) is 41.9 Å². The molecule has 0 radical (unpaired) electrons. The van der Waals surface area contributed by atoms with Crippen molar-refractivity contribution in [2.75, 3.05) is 23.7 Å². The van der Waals surface area contributed by atoms with E-state index in [0.29, 0.717) is 0 Å². The van der Waals surface area contributed by atoms with Crippen molar-refractivity contribution in [2.45, 2.75) is 19.8 Å². The Morgan fingerprint density at radius 1 is 1.16 bits per heavy atom. The molecule has 3 N–H and O–H groups in total. The van der Waals surface area contributed by atoms with Crippen LogP contribution in [-0.2, 0) is 0 Å². The van der Waals surface area contributed by atoms with Gasteiger partial charge in [0, 0.05) is 13.1 Å². The number of pyridine rings is 1. The molecule has 11 heteroatoms. The Morgan fingerprint density at radius 2 is 1.84 bits per heavy atom. The summed E-state index contributed by atoms with van der Waals surface area (Å²) in [5, 5.41) is 8.64. The van der Waals surface area contributed by atoms with Crippen LogP contribution in [0.3, 0.4) is 0 Å². The molecule has 3 aromatic rings. The molecule has 166 valence electrons. The number of hydrogen-bond donors (Lipinski definition) is 2. The van der Waals surface area contributed by atoms with E-state index in [2.05, 4.69) is 20.4 Å². The quantitative estimate of drug-likeness (QED) is 0.311. The average molecular weight is 493 g/mol. The molecular formula is C21H20Cl3N7O. The normalized spacial score (nSPS) is 13.8. The number of nitrogen functional groups attached to an aromatic ring is 1. The van der Waals surface area contributed by atoms with Gasteiger partial charge in [-0.15, -0.1) is 0 Å². The Hall–Kier alpha value is -2.81. The number of aromatic nitrogens is 3. The summed E-state index contributed by atoms with van der Waals surface area (Å²) in [6, 6.07) is 9.89. The highest BCUT2D eigenvalue weighted by molar-refractivity contribution is 6.46. The summed E-state index contributed by atoms with van der Waals surface area (Å²) in [4.78, 5) is 18.7. The summed E-state index contributed by atoms with van der Waals surface area (Å²) in [5.41, 5.74) is 10.6. The van der Waals surface area contributed by atoms with Crippen LogP contribution in [0.4, 0.5) is 11.5 Å². The van der Waals surface area contributed by atoms with Gasteiger partial charge in [-0.3, -0.25) is 4.79 Å². The van der Waals surface area contributed by atoms with E-state index in [0.717, 1.165) is 48.7 Å². The third kappa shape index (κ3) is 4.26. The Balaban J connectivity index is 1.65. The van der Waals surface area contributed by atoms with Crippen LogP contribution in [0.5, 0.6) is 0 Å². The van der Waals surface area contributed by atoms with Crippen LogP contribution < -0.4 is 16.1 Å². The van der Waals surface area contributed by atoms with Gasteiger partial charge in [0.05, 0.1) is 33.9 Å². The zero-order valence-electron chi connectivity index (χ0n) is 17.1. The highest BCUT2D eigenvalue weighted by Gasteiger charge is 2.24. The number of benzene rings is 1. The lowest BCUT2D eigenvalue weighted by Crippen LogP contribution is -2.23. The fourth-order valence-corrected chi connectivity index (χ4v) is 4.14. The maximum atomic E-state index is 12.6. The summed E-state index contributed by atoms with van der Waals surface area (Å²) in [6.45, 7) is 3.75. The second-order valence-corrected chi connectivity index (χ2v) is 8.37. The van der Waals surface area contributed by atoms with Gasteiger partial charge in [0.15, 0.2) is 10.8 Å². The molecule has 0 aliphatic carbocycles. The van der Waals surface area contributed by atoms with Gasteiger partial charge in [0.1, 0.15) is 10.8 Å². The van der Waals surface area contributed by atoms with Crippen molar-refractivity contribution in [3.05, 3.63) is 62.5 Å². The lowest BCUT2D eigenvalue weighted by atomic mass is 10.2. The summed E-state index contributed by atoms with van der Waals surface area (Å²) in [5.74, 6) is 0.270. The number of aryl methyl sites for hydroxylation is 1. The first-order chi connectivity index (χ1) is 15.4. The molecule has 1 amide bonds. The third-order valence-electron chi connectivity index (χ3n) is 5.13. The fourth-order valence-electron chi connectivity index (χ4n) is 3.55. The van der Waals surface area contributed by atoms with Crippen molar-refractivity contribution in [2.24, 2.45) is 5.10 Å². The van der Waals surface area contributed by atoms with Crippen LogP contribution in [0.25, 0.3) is 5.69 Å². The van der Waals surface area contributed by atoms with Crippen molar-refractivity contribution in [3.63, 3.8) is 0 Å². The second-order valence-electron chi connectivity index (χ2n) is 7.26. The molecule has 1 aliphatic heterocycles. The Labute approximate surface area is 200 Å². The van der Waals surface area contributed by atoms with Gasteiger partial charge in [-0.2, -0.15) is 10.2 Å². The molecular weight excluding hydrogens is 473 g/mol. The SMILES string of the molecule is Cc1nn(-c2ccccc2)c(N2CCCC2)c1/C=N\NC(=O)c1nc(Cl)c(Cl)c(N)c1Cl. The van der Waals surface area contributed by atoms with Crippen LogP contribution >= 0.6 is 34.8 Å². The number of carbonyl (C=O) groups is 1. The Bertz CT molecular complexity index is 1190. The molecule has 1 aliphatic rings. The number of halogens is 3. The molecule has 0 bridgehead atoms. The lowest BCUT2D eigenvalue weighted by molar-refractivity contribution is 0.0950. The van der Waals surface area contributed by atoms with Crippen molar-refractivity contribution in [1.29, 1.82) is 0 Å². The smallest absolute Gasteiger partial charge is 0.291 e. The molecule has 0 saturated carbocycles. The van der Waals surface area contributed by atoms with E-state index in [9.17, 15) is 4.79 Å². The number of nitrogens with zero attached hydrogens (tertiary/aromatic N) is 5. The Kier molecular flexibility index (Phi) is 6.55. The maximum Gasteiger partial charge on any atom is 0.291 e. The van der Waals surface area contributed by atoms with Crippen LogP contribution in [0, 0.1) is 6.92 Å². The molecule has 0 spiro atoms. The van der Waals surface area contributed by atoms with Crippen molar-refractivity contribution in [1.82, 2.24) is 20.2 Å². The van der Waals surface area contributed by atoms with E-state index in [1.54, 1.807) is 6.21 Å². The minimum Gasteiger partial charge on any atom is -0.396 e. The first-order valence-corrected chi connectivity index (χ1v) is 11.0. The summed E-state index contributed by atoms with van der Waals surface area (Å²) >= 11 is 17.9. The van der Waals surface area contributed by atoms with Gasteiger partial charge in [0.2, 0.25) is 0 Å². The number of anilines is 2. The van der Waals surface area contributed by atoms with Crippen LogP contribution in [0.1, 0.15) is 34.6 Å². The number of nitrogens with one attached hydrogen (secondary N) is 1. The largest absolute Gasteiger partial charge is 0.396 e. The standard InChI is InChI=1S/C21H20Cl3N7O/c1-12-14(11-26-28-20(32)18-15(22)17(25)16(23)19(24)27-18)21(30-9-5-6-10-30)31(29-12)13-7-3-2-4-8-13/h2-4,7-8,11H,5-6,9-10H2,1H3,(H2,25,27)(H,28,32)/b26-11-. The predicted molar refractivity (Wildman–Crippen MR) is 128 cm³/mol. The molecule has 8 nitrogen and oxygen atoms in total. The third-order valence-corrected chi connectivity index (χ3v) is 6.27. The zero-order valence-corrected chi connectivity index (χ0v) is 19.4. The summed E-state index contributed by atoms with van der Waals surface area (Å²) in [7, 11) is 0. The number of rotatable bonds is 5. The van der Waals surface area contributed by atoms with Crippen LogP contribution in [0.2, 0.25) is 15.2 Å². The average Bonchev–Trinajstić information content (AvgIpc) is 3.43. The maximum absolute atomic E-state index is 12.6. The van der Waals surface area contributed by atoms with Crippen molar-refractivity contribution < 1.29 is 4.79 Å². The lowest BCUT2D eigenvalue weighted by Gasteiger charge is -2.20. The molecule has 1 aromatic carbocycles. The van der Waals surface area contributed by atoms with Gasteiger partial charge in [-0.25, -0.2) is 15.1 Å². The number of hydrazone groups is 1. The molecule has 1 saturated heterocycles. The van der Waals surface area contributed by atoms with E-state index < -0.39 is 5.91 Å². The van der Waals surface area contributed by atoms with E-state index in [-0.39, 0.29) is 26.6 Å². The predicted octanol–water partition coefficient (Wildman–Crippen LogP) is 4.48. The first kappa shape index (κ1) is 22.4. The second kappa shape index (κ2) is 9.36. The molecule has 0 unspecified atom stereocenters. The topological polar surface area (TPSA) is 101 Å². The van der Waals surface area contributed by atoms with Crippen molar-refractivity contribution >= 4 is 58.4 Å². The summed E-state index contributed by atoms with van der Waals surface area (Å²) in [6.07, 6.45) is 3.78. The van der Waals surface area contributed by atoms with Gasteiger partial charge in [0.25, 0.3) is 5.91 Å². The molecule has 2 aromatic heterocycles.